The van der Waals surface area contributed by atoms with Crippen LogP contribution in [-0.4, -0.2) is 36.3 Å². The summed E-state index contributed by atoms with van der Waals surface area (Å²) in [6.45, 7) is 5.85. The number of halogens is 1. The van der Waals surface area contributed by atoms with E-state index < -0.39 is 0 Å². The Labute approximate surface area is 121 Å². The molecule has 6 heteroatoms. The first-order valence-electron chi connectivity index (χ1n) is 6.19. The van der Waals surface area contributed by atoms with Gasteiger partial charge in [0.1, 0.15) is 0 Å². The number of anilines is 1. The summed E-state index contributed by atoms with van der Waals surface area (Å²) in [5.74, 6) is 0.107. The summed E-state index contributed by atoms with van der Waals surface area (Å²) < 4.78 is 6.66. The molecule has 0 bridgehead atoms. The van der Waals surface area contributed by atoms with E-state index in [9.17, 15) is 0 Å². The molecule has 104 valence electrons. The Hall–Kier alpha value is -1.27. The second-order valence-electron chi connectivity index (χ2n) is 4.81. The zero-order valence-electron chi connectivity index (χ0n) is 11.0. The SMILES string of the molecule is CC1CN(c2ccc(/C(N)=N/O)cc2Br)CC(C)O1. The van der Waals surface area contributed by atoms with Crippen LogP contribution in [0.15, 0.2) is 27.8 Å². The lowest BCUT2D eigenvalue weighted by molar-refractivity contribution is -0.00525. The van der Waals surface area contributed by atoms with Crippen molar-refractivity contribution in [1.29, 1.82) is 0 Å². The predicted octanol–water partition coefficient (Wildman–Crippen LogP) is 2.16. The van der Waals surface area contributed by atoms with E-state index in [1.54, 1.807) is 0 Å². The molecule has 1 fully saturated rings. The summed E-state index contributed by atoms with van der Waals surface area (Å²) in [4.78, 5) is 2.28. The molecule has 0 spiro atoms. The minimum absolute atomic E-state index is 0.107. The second kappa shape index (κ2) is 5.79. The number of benzene rings is 1. The number of nitrogens with zero attached hydrogens (tertiary/aromatic N) is 2. The maximum atomic E-state index is 8.69. The van der Waals surface area contributed by atoms with Gasteiger partial charge in [0.05, 0.1) is 17.9 Å². The monoisotopic (exact) mass is 327 g/mol. The summed E-state index contributed by atoms with van der Waals surface area (Å²) in [6.07, 6.45) is 0.416. The Balaban J connectivity index is 2.26. The van der Waals surface area contributed by atoms with Crippen molar-refractivity contribution >= 4 is 27.5 Å². The van der Waals surface area contributed by atoms with Crippen molar-refractivity contribution in [3.8, 4) is 0 Å². The van der Waals surface area contributed by atoms with Crippen LogP contribution in [0.4, 0.5) is 5.69 Å². The third-order valence-corrected chi connectivity index (χ3v) is 3.75. The fourth-order valence-corrected chi connectivity index (χ4v) is 2.98. The summed E-state index contributed by atoms with van der Waals surface area (Å²) in [5.41, 5.74) is 7.36. The van der Waals surface area contributed by atoms with Gasteiger partial charge in [-0.25, -0.2) is 0 Å². The number of rotatable bonds is 2. The summed E-state index contributed by atoms with van der Waals surface area (Å²) in [7, 11) is 0. The summed E-state index contributed by atoms with van der Waals surface area (Å²) >= 11 is 3.55. The normalized spacial score (nSPS) is 24.6. The topological polar surface area (TPSA) is 71.1 Å². The van der Waals surface area contributed by atoms with Gasteiger partial charge in [-0.05, 0) is 48.0 Å². The van der Waals surface area contributed by atoms with Crippen molar-refractivity contribution in [2.45, 2.75) is 26.1 Å². The van der Waals surface area contributed by atoms with Crippen LogP contribution in [0.3, 0.4) is 0 Å². The quantitative estimate of drug-likeness (QED) is 0.378. The summed E-state index contributed by atoms with van der Waals surface area (Å²) in [6, 6.07) is 5.68. The van der Waals surface area contributed by atoms with Gasteiger partial charge in [0.2, 0.25) is 0 Å². The number of nitrogens with two attached hydrogens (primary N) is 1. The molecule has 0 aromatic heterocycles. The molecule has 0 aliphatic carbocycles. The number of amidine groups is 1. The molecular formula is C13H18BrN3O2. The average molecular weight is 328 g/mol. The standard InChI is InChI=1S/C13H18BrN3O2/c1-8-6-17(7-9(2)19-8)12-4-3-10(5-11(12)14)13(15)16-18/h3-5,8-9,18H,6-7H2,1-2H3,(H2,15,16). The van der Waals surface area contributed by atoms with E-state index in [1.165, 1.54) is 0 Å². The fourth-order valence-electron chi connectivity index (χ4n) is 2.36. The van der Waals surface area contributed by atoms with Crippen LogP contribution < -0.4 is 10.6 Å². The Bertz CT molecular complexity index is 483. The molecule has 2 unspecified atom stereocenters. The lowest BCUT2D eigenvalue weighted by atomic mass is 10.1. The lowest BCUT2D eigenvalue weighted by Crippen LogP contribution is -2.45. The van der Waals surface area contributed by atoms with Crippen LogP contribution in [0, 0.1) is 0 Å². The molecule has 19 heavy (non-hydrogen) atoms. The van der Waals surface area contributed by atoms with Crippen LogP contribution in [0.25, 0.3) is 0 Å². The van der Waals surface area contributed by atoms with Gasteiger partial charge in [0.15, 0.2) is 5.84 Å². The van der Waals surface area contributed by atoms with E-state index in [0.29, 0.717) is 5.56 Å². The first-order valence-corrected chi connectivity index (χ1v) is 6.98. The maximum Gasteiger partial charge on any atom is 0.170 e. The number of ether oxygens (including phenoxy) is 1. The smallest absolute Gasteiger partial charge is 0.170 e. The van der Waals surface area contributed by atoms with E-state index in [0.717, 1.165) is 23.2 Å². The van der Waals surface area contributed by atoms with Crippen LogP contribution in [0.1, 0.15) is 19.4 Å². The zero-order chi connectivity index (χ0) is 14.0. The molecule has 1 aromatic rings. The van der Waals surface area contributed by atoms with Crippen molar-refractivity contribution in [2.24, 2.45) is 10.9 Å². The van der Waals surface area contributed by atoms with E-state index in [2.05, 4.69) is 39.8 Å². The molecule has 3 N–H and O–H groups in total. The second-order valence-corrected chi connectivity index (χ2v) is 5.67. The predicted molar refractivity (Wildman–Crippen MR) is 78.9 cm³/mol. The van der Waals surface area contributed by atoms with Crippen molar-refractivity contribution in [3.05, 3.63) is 28.2 Å². The zero-order valence-corrected chi connectivity index (χ0v) is 12.6. The molecule has 0 saturated carbocycles. The third kappa shape index (κ3) is 3.19. The van der Waals surface area contributed by atoms with Crippen LogP contribution in [0.2, 0.25) is 0 Å². The van der Waals surface area contributed by atoms with Gasteiger partial charge < -0.3 is 20.6 Å². The third-order valence-electron chi connectivity index (χ3n) is 3.11. The maximum absolute atomic E-state index is 8.69. The highest BCUT2D eigenvalue weighted by Gasteiger charge is 2.23. The first kappa shape index (κ1) is 14.1. The molecule has 1 aliphatic rings. The molecular weight excluding hydrogens is 310 g/mol. The molecule has 2 rings (SSSR count). The minimum atomic E-state index is 0.107. The van der Waals surface area contributed by atoms with Crippen molar-refractivity contribution in [3.63, 3.8) is 0 Å². The summed E-state index contributed by atoms with van der Waals surface area (Å²) in [5, 5.41) is 11.7. The minimum Gasteiger partial charge on any atom is -0.409 e. The van der Waals surface area contributed by atoms with Crippen LogP contribution in [-0.2, 0) is 4.74 Å². The highest BCUT2D eigenvalue weighted by atomic mass is 79.9. The highest BCUT2D eigenvalue weighted by molar-refractivity contribution is 9.10. The van der Waals surface area contributed by atoms with Crippen molar-refractivity contribution in [1.82, 2.24) is 0 Å². The number of oxime groups is 1. The molecule has 1 aliphatic heterocycles. The lowest BCUT2D eigenvalue weighted by Gasteiger charge is -2.37. The largest absolute Gasteiger partial charge is 0.409 e. The Morgan fingerprint density at radius 3 is 2.58 bits per heavy atom. The molecule has 0 amide bonds. The van der Waals surface area contributed by atoms with Crippen LogP contribution >= 0.6 is 15.9 Å². The van der Waals surface area contributed by atoms with Gasteiger partial charge in [0, 0.05) is 23.1 Å². The van der Waals surface area contributed by atoms with E-state index in [4.69, 9.17) is 15.7 Å². The van der Waals surface area contributed by atoms with Gasteiger partial charge in [-0.15, -0.1) is 0 Å². The molecule has 1 saturated heterocycles. The fraction of sp³-hybridized carbons (Fsp3) is 0.462. The molecule has 0 radical (unpaired) electrons. The molecule has 1 heterocycles. The Morgan fingerprint density at radius 2 is 2.05 bits per heavy atom. The average Bonchev–Trinajstić information content (AvgIpc) is 2.36. The number of hydrogen-bond acceptors (Lipinski definition) is 4. The van der Waals surface area contributed by atoms with Crippen molar-refractivity contribution < 1.29 is 9.94 Å². The molecule has 5 nitrogen and oxygen atoms in total. The van der Waals surface area contributed by atoms with Crippen molar-refractivity contribution in [2.75, 3.05) is 18.0 Å². The van der Waals surface area contributed by atoms with E-state index >= 15 is 0 Å². The van der Waals surface area contributed by atoms with Gasteiger partial charge in [-0.2, -0.15) is 0 Å². The van der Waals surface area contributed by atoms with E-state index in [-0.39, 0.29) is 18.0 Å². The highest BCUT2D eigenvalue weighted by Crippen LogP contribution is 2.29. The van der Waals surface area contributed by atoms with Gasteiger partial charge in [-0.1, -0.05) is 5.16 Å². The number of morpholine rings is 1. The van der Waals surface area contributed by atoms with Gasteiger partial charge in [0.25, 0.3) is 0 Å². The Morgan fingerprint density at radius 1 is 1.42 bits per heavy atom. The molecule has 2 atom stereocenters. The van der Waals surface area contributed by atoms with Gasteiger partial charge >= 0.3 is 0 Å². The van der Waals surface area contributed by atoms with Gasteiger partial charge in [-0.3, -0.25) is 0 Å². The van der Waals surface area contributed by atoms with Crippen LogP contribution in [0.5, 0.6) is 0 Å². The first-order chi connectivity index (χ1) is 9.01. The van der Waals surface area contributed by atoms with E-state index in [1.807, 2.05) is 18.2 Å². The number of hydrogen-bond donors (Lipinski definition) is 2. The Kier molecular flexibility index (Phi) is 4.31. The molecule has 1 aromatic carbocycles.